The van der Waals surface area contributed by atoms with Crippen LogP contribution in [0.1, 0.15) is 80.2 Å². The highest BCUT2D eigenvalue weighted by atomic mass is 16.2. The van der Waals surface area contributed by atoms with Crippen molar-refractivity contribution >= 4 is 11.9 Å². The maximum atomic E-state index is 13.6. The molecule has 3 aliphatic rings. The minimum absolute atomic E-state index is 0.0103. The summed E-state index contributed by atoms with van der Waals surface area (Å²) in [6.45, 7) is 4.41. The number of fused-ring (bicyclic) bond motifs is 4. The first kappa shape index (κ1) is 24.9. The summed E-state index contributed by atoms with van der Waals surface area (Å²) in [6.07, 6.45) is 10.7. The molecule has 2 fully saturated rings. The molecule has 0 spiro atoms. The third-order valence-electron chi connectivity index (χ3n) is 8.52. The fourth-order valence-corrected chi connectivity index (χ4v) is 6.59. The number of nitrogens with one attached hydrogen (secondary N) is 1. The van der Waals surface area contributed by atoms with Crippen LogP contribution in [0.4, 0.5) is 4.79 Å². The number of carbonyl (C=O) groups excluding carboxylic acids is 2. The third kappa shape index (κ3) is 5.30. The van der Waals surface area contributed by atoms with Crippen LogP contribution in [0.5, 0.6) is 0 Å². The number of carbonyl (C=O) groups is 2. The van der Waals surface area contributed by atoms with Crippen LogP contribution in [0.3, 0.4) is 0 Å². The molecule has 2 aromatic rings. The molecule has 0 radical (unpaired) electrons. The molecule has 5 rings (SSSR count). The van der Waals surface area contributed by atoms with Crippen LogP contribution in [-0.4, -0.2) is 47.4 Å². The fourth-order valence-electron chi connectivity index (χ4n) is 6.59. The van der Waals surface area contributed by atoms with Crippen molar-refractivity contribution in [1.82, 2.24) is 15.1 Å². The van der Waals surface area contributed by atoms with E-state index in [1.807, 2.05) is 23.1 Å². The van der Waals surface area contributed by atoms with Crippen LogP contribution in [0.2, 0.25) is 0 Å². The molecule has 0 aliphatic carbocycles. The van der Waals surface area contributed by atoms with Gasteiger partial charge in [0, 0.05) is 25.7 Å². The molecule has 0 bridgehead atoms. The van der Waals surface area contributed by atoms with E-state index in [1.165, 1.54) is 47.9 Å². The lowest BCUT2D eigenvalue weighted by Crippen LogP contribution is -2.61. The normalized spacial score (nSPS) is 23.0. The molecule has 5 nitrogen and oxygen atoms in total. The van der Waals surface area contributed by atoms with E-state index in [0.717, 1.165) is 51.6 Å². The van der Waals surface area contributed by atoms with Gasteiger partial charge in [-0.05, 0) is 67.2 Å². The number of urea groups is 1. The molecule has 3 heterocycles. The Labute approximate surface area is 216 Å². The maximum absolute atomic E-state index is 13.6. The number of benzene rings is 2. The number of aryl methyl sites for hydroxylation is 1. The summed E-state index contributed by atoms with van der Waals surface area (Å²) in [5.74, 6) is 0.196. The number of hydrogen-bond donors (Lipinski definition) is 1. The zero-order valence-corrected chi connectivity index (χ0v) is 21.8. The Morgan fingerprint density at radius 3 is 2.69 bits per heavy atom. The number of unbranched alkanes of at least 4 members (excludes halogenated alkanes) is 3. The smallest absolute Gasteiger partial charge is 0.317 e. The Morgan fingerprint density at radius 2 is 1.86 bits per heavy atom. The molecule has 36 heavy (non-hydrogen) atoms. The van der Waals surface area contributed by atoms with Gasteiger partial charge in [0.1, 0.15) is 0 Å². The van der Waals surface area contributed by atoms with E-state index < -0.39 is 0 Å². The number of likely N-dealkylation sites (tertiary alicyclic amines) is 1. The molecule has 0 aromatic heterocycles. The molecule has 0 unspecified atom stereocenters. The van der Waals surface area contributed by atoms with Crippen molar-refractivity contribution in [3.8, 4) is 0 Å². The van der Waals surface area contributed by atoms with Crippen LogP contribution in [0.15, 0.2) is 48.5 Å². The first-order chi connectivity index (χ1) is 17.7. The molecule has 2 aromatic carbocycles. The van der Waals surface area contributed by atoms with E-state index in [2.05, 4.69) is 47.5 Å². The third-order valence-corrected chi connectivity index (χ3v) is 8.52. The predicted octanol–water partition coefficient (Wildman–Crippen LogP) is 5.67. The second-order valence-electron chi connectivity index (χ2n) is 10.9. The number of amides is 3. The second kappa shape index (κ2) is 11.5. The van der Waals surface area contributed by atoms with E-state index in [0.29, 0.717) is 6.54 Å². The number of hydrogen-bond acceptors (Lipinski definition) is 2. The monoisotopic (exact) mass is 487 g/mol. The quantitative estimate of drug-likeness (QED) is 0.488. The van der Waals surface area contributed by atoms with Crippen molar-refractivity contribution < 1.29 is 9.59 Å². The van der Waals surface area contributed by atoms with E-state index in [-0.39, 0.29) is 29.9 Å². The van der Waals surface area contributed by atoms with Crippen LogP contribution in [0, 0.1) is 5.92 Å². The Morgan fingerprint density at radius 1 is 1.00 bits per heavy atom. The van der Waals surface area contributed by atoms with Gasteiger partial charge in [-0.15, -0.1) is 0 Å². The molecule has 2 saturated heterocycles. The lowest BCUT2D eigenvalue weighted by molar-refractivity contribution is -0.148. The molecule has 1 N–H and O–H groups in total. The van der Waals surface area contributed by atoms with Crippen LogP contribution in [-0.2, 0) is 24.1 Å². The van der Waals surface area contributed by atoms with Gasteiger partial charge in [0.25, 0.3) is 0 Å². The van der Waals surface area contributed by atoms with Gasteiger partial charge in [-0.3, -0.25) is 4.79 Å². The predicted molar refractivity (Wildman–Crippen MR) is 144 cm³/mol. The fraction of sp³-hybridized carbons (Fsp3) is 0.548. The highest BCUT2D eigenvalue weighted by molar-refractivity contribution is 5.83. The van der Waals surface area contributed by atoms with Gasteiger partial charge < -0.3 is 15.1 Å². The van der Waals surface area contributed by atoms with Gasteiger partial charge in [0.05, 0.1) is 12.0 Å². The summed E-state index contributed by atoms with van der Waals surface area (Å²) < 4.78 is 0. The number of piperidine rings is 2. The minimum Gasteiger partial charge on any atom is -0.338 e. The Bertz CT molecular complexity index is 1050. The molecule has 3 amide bonds. The summed E-state index contributed by atoms with van der Waals surface area (Å²) >= 11 is 0. The summed E-state index contributed by atoms with van der Waals surface area (Å²) in [6, 6.07) is 17.3. The van der Waals surface area contributed by atoms with Gasteiger partial charge in [-0.25, -0.2) is 4.79 Å². The van der Waals surface area contributed by atoms with Crippen molar-refractivity contribution in [1.29, 1.82) is 0 Å². The zero-order valence-electron chi connectivity index (χ0n) is 21.8. The number of rotatable bonds is 8. The zero-order chi connectivity index (χ0) is 24.9. The van der Waals surface area contributed by atoms with E-state index in [9.17, 15) is 9.59 Å². The first-order valence-corrected chi connectivity index (χ1v) is 14.2. The average molecular weight is 488 g/mol. The average Bonchev–Trinajstić information content (AvgIpc) is 2.91. The van der Waals surface area contributed by atoms with Crippen molar-refractivity contribution in [3.63, 3.8) is 0 Å². The summed E-state index contributed by atoms with van der Waals surface area (Å²) in [5.41, 5.74) is 5.36. The lowest BCUT2D eigenvalue weighted by atomic mass is 9.76. The van der Waals surface area contributed by atoms with Crippen molar-refractivity contribution in [2.24, 2.45) is 5.92 Å². The SMILES string of the molecule is CCCCCCc1ccc2c(c1)CCN1C(=O)[C@@H]3CCCN(C(=O)NCCc4ccccc4)[C@@H]3C[C@@H]21. The second-order valence-corrected chi connectivity index (χ2v) is 10.9. The summed E-state index contributed by atoms with van der Waals surface area (Å²) in [7, 11) is 0. The summed E-state index contributed by atoms with van der Waals surface area (Å²) in [4.78, 5) is 30.9. The van der Waals surface area contributed by atoms with E-state index in [1.54, 1.807) is 0 Å². The molecular weight excluding hydrogens is 446 g/mol. The van der Waals surface area contributed by atoms with Crippen LogP contribution < -0.4 is 5.32 Å². The van der Waals surface area contributed by atoms with E-state index >= 15 is 0 Å². The lowest BCUT2D eigenvalue weighted by Gasteiger charge is -2.51. The molecule has 5 heteroatoms. The van der Waals surface area contributed by atoms with Crippen LogP contribution in [0.25, 0.3) is 0 Å². The Hall–Kier alpha value is -2.82. The van der Waals surface area contributed by atoms with Gasteiger partial charge in [-0.2, -0.15) is 0 Å². The highest BCUT2D eigenvalue weighted by Crippen LogP contribution is 2.43. The largest absolute Gasteiger partial charge is 0.338 e. The van der Waals surface area contributed by atoms with Crippen LogP contribution >= 0.6 is 0 Å². The Balaban J connectivity index is 1.26. The highest BCUT2D eigenvalue weighted by Gasteiger charge is 2.48. The van der Waals surface area contributed by atoms with Gasteiger partial charge in [-0.1, -0.05) is 74.7 Å². The van der Waals surface area contributed by atoms with Gasteiger partial charge >= 0.3 is 6.03 Å². The molecule has 3 aliphatic heterocycles. The molecule has 192 valence electrons. The first-order valence-electron chi connectivity index (χ1n) is 14.2. The topological polar surface area (TPSA) is 52.7 Å². The standard InChI is InChI=1S/C31H41N3O2/c1-2-3-4-6-12-24-14-15-26-25(21-24)17-20-33-28(26)22-29-27(30(33)35)13-9-19-34(29)31(36)32-18-16-23-10-7-5-8-11-23/h5,7-8,10-11,14-15,21,27-29H,2-4,6,9,12-13,16-20,22H2,1H3,(H,32,36)/t27-,28+,29-/m1/s1. The van der Waals surface area contributed by atoms with Crippen molar-refractivity contribution in [3.05, 3.63) is 70.8 Å². The van der Waals surface area contributed by atoms with Gasteiger partial charge in [0.2, 0.25) is 5.91 Å². The minimum atomic E-state index is -0.0609. The molecule has 0 saturated carbocycles. The summed E-state index contributed by atoms with van der Waals surface area (Å²) in [5, 5.41) is 3.14. The van der Waals surface area contributed by atoms with E-state index in [4.69, 9.17) is 0 Å². The maximum Gasteiger partial charge on any atom is 0.317 e. The molecule has 3 atom stereocenters. The number of nitrogens with zero attached hydrogens (tertiary/aromatic N) is 2. The van der Waals surface area contributed by atoms with Crippen molar-refractivity contribution in [2.45, 2.75) is 83.2 Å². The van der Waals surface area contributed by atoms with Crippen molar-refractivity contribution in [2.75, 3.05) is 19.6 Å². The van der Waals surface area contributed by atoms with Gasteiger partial charge in [0.15, 0.2) is 0 Å². The Kier molecular flexibility index (Phi) is 7.93. The molecular formula is C31H41N3O2.